The van der Waals surface area contributed by atoms with Crippen LogP contribution >= 0.6 is 23.4 Å². The quantitative estimate of drug-likeness (QED) is 0.574. The highest BCUT2D eigenvalue weighted by atomic mass is 35.5. The number of hydrogen-bond acceptors (Lipinski definition) is 4. The third-order valence-corrected chi connectivity index (χ3v) is 6.11. The van der Waals surface area contributed by atoms with Crippen LogP contribution in [0.1, 0.15) is 46.5 Å². The first-order valence-corrected chi connectivity index (χ1v) is 10.8. The third kappa shape index (κ3) is 4.85. The van der Waals surface area contributed by atoms with Crippen LogP contribution in [0.5, 0.6) is 0 Å². The van der Waals surface area contributed by atoms with Crippen molar-refractivity contribution in [2.75, 3.05) is 0 Å². The summed E-state index contributed by atoms with van der Waals surface area (Å²) in [6.45, 7) is 6.54. The molecular formula is C20H26ClN3O2S. The van der Waals surface area contributed by atoms with Gasteiger partial charge in [0.2, 0.25) is 5.91 Å². The number of carbonyl (C=O) groups is 1. The van der Waals surface area contributed by atoms with Crippen LogP contribution in [0.25, 0.3) is 10.9 Å². The van der Waals surface area contributed by atoms with Crippen LogP contribution < -0.4 is 10.9 Å². The fourth-order valence-electron chi connectivity index (χ4n) is 3.39. The number of carbonyl (C=O) groups excluding carboxylic acids is 1. The van der Waals surface area contributed by atoms with Gasteiger partial charge >= 0.3 is 0 Å². The molecule has 1 saturated carbocycles. The summed E-state index contributed by atoms with van der Waals surface area (Å²) in [5.41, 5.74) is 0.481. The van der Waals surface area contributed by atoms with E-state index in [-0.39, 0.29) is 28.7 Å². The predicted molar refractivity (Wildman–Crippen MR) is 112 cm³/mol. The number of hydrogen-bond donors (Lipinski definition) is 1. The molecule has 0 saturated heterocycles. The highest BCUT2D eigenvalue weighted by Crippen LogP contribution is 2.25. The number of aromatic nitrogens is 2. The van der Waals surface area contributed by atoms with E-state index in [2.05, 4.69) is 24.1 Å². The van der Waals surface area contributed by atoms with Crippen LogP contribution in [-0.4, -0.2) is 26.8 Å². The van der Waals surface area contributed by atoms with Crippen molar-refractivity contribution in [1.29, 1.82) is 0 Å². The smallest absolute Gasteiger partial charge is 0.262 e. The Morgan fingerprint density at radius 2 is 2.04 bits per heavy atom. The summed E-state index contributed by atoms with van der Waals surface area (Å²) in [4.78, 5) is 30.2. The molecule has 1 aromatic heterocycles. The largest absolute Gasteiger partial charge is 0.352 e. The molecule has 1 atom stereocenters. The zero-order chi connectivity index (χ0) is 19.6. The van der Waals surface area contributed by atoms with Crippen molar-refractivity contribution in [3.63, 3.8) is 0 Å². The second kappa shape index (κ2) is 8.65. The maximum Gasteiger partial charge on any atom is 0.262 e. The normalized spacial score (nSPS) is 16.2. The van der Waals surface area contributed by atoms with E-state index in [1.165, 1.54) is 24.6 Å². The predicted octanol–water partition coefficient (Wildman–Crippen LogP) is 4.25. The monoisotopic (exact) mass is 407 g/mol. The van der Waals surface area contributed by atoms with Crippen LogP contribution in [0.4, 0.5) is 0 Å². The maximum atomic E-state index is 13.0. The van der Waals surface area contributed by atoms with Gasteiger partial charge in [0, 0.05) is 17.6 Å². The number of rotatable bonds is 6. The Morgan fingerprint density at radius 3 is 2.70 bits per heavy atom. The Labute approximate surface area is 168 Å². The highest BCUT2D eigenvalue weighted by Gasteiger charge is 2.23. The minimum absolute atomic E-state index is 0.00318. The van der Waals surface area contributed by atoms with E-state index in [9.17, 15) is 9.59 Å². The molecule has 0 aliphatic heterocycles. The molecule has 3 rings (SSSR count). The van der Waals surface area contributed by atoms with Gasteiger partial charge in [-0.2, -0.15) is 0 Å². The van der Waals surface area contributed by atoms with Gasteiger partial charge < -0.3 is 5.32 Å². The van der Waals surface area contributed by atoms with Crippen LogP contribution in [0.15, 0.2) is 28.2 Å². The number of halogens is 1. The Kier molecular flexibility index (Phi) is 6.48. The molecule has 1 heterocycles. The lowest BCUT2D eigenvalue weighted by Crippen LogP contribution is -2.38. The Balaban J connectivity index is 1.90. The van der Waals surface area contributed by atoms with E-state index in [0.717, 1.165) is 12.8 Å². The van der Waals surface area contributed by atoms with Crippen LogP contribution in [-0.2, 0) is 11.3 Å². The molecule has 0 radical (unpaired) electrons. The fourth-order valence-corrected chi connectivity index (χ4v) is 4.48. The van der Waals surface area contributed by atoms with E-state index in [1.807, 2.05) is 6.92 Å². The van der Waals surface area contributed by atoms with Crippen molar-refractivity contribution in [3.05, 3.63) is 33.6 Å². The van der Waals surface area contributed by atoms with Gasteiger partial charge in [0.15, 0.2) is 5.16 Å². The fraction of sp³-hybridized carbons (Fsp3) is 0.550. The lowest BCUT2D eigenvalue weighted by atomic mass is 10.2. The minimum Gasteiger partial charge on any atom is -0.352 e. The molecule has 1 aliphatic rings. The van der Waals surface area contributed by atoms with Gasteiger partial charge in [0.25, 0.3) is 5.56 Å². The van der Waals surface area contributed by atoms with E-state index in [1.54, 1.807) is 22.8 Å². The molecule has 146 valence electrons. The number of nitrogens with zero attached hydrogens (tertiary/aromatic N) is 2. The average molecular weight is 408 g/mol. The molecular weight excluding hydrogens is 382 g/mol. The Hall–Kier alpha value is -1.53. The summed E-state index contributed by atoms with van der Waals surface area (Å²) in [7, 11) is 0. The van der Waals surface area contributed by atoms with Crippen molar-refractivity contribution in [3.8, 4) is 0 Å². The van der Waals surface area contributed by atoms with Crippen molar-refractivity contribution in [2.45, 2.75) is 69.4 Å². The molecule has 1 aromatic carbocycles. The van der Waals surface area contributed by atoms with Gasteiger partial charge in [0.1, 0.15) is 0 Å². The number of thioether (sulfide) groups is 1. The van der Waals surface area contributed by atoms with Gasteiger partial charge in [0.05, 0.1) is 16.2 Å². The molecule has 5 nitrogen and oxygen atoms in total. The summed E-state index contributed by atoms with van der Waals surface area (Å²) in [6, 6.07) is 5.40. The molecule has 0 bridgehead atoms. The highest BCUT2D eigenvalue weighted by molar-refractivity contribution is 8.00. The third-order valence-electron chi connectivity index (χ3n) is 4.78. The van der Waals surface area contributed by atoms with Crippen molar-refractivity contribution in [2.24, 2.45) is 5.92 Å². The number of nitrogens with one attached hydrogen (secondary N) is 1. The number of fused-ring (bicyclic) bond motifs is 1. The van der Waals surface area contributed by atoms with Gasteiger partial charge in [-0.05, 0) is 43.9 Å². The van der Waals surface area contributed by atoms with E-state index >= 15 is 0 Å². The number of amides is 1. The summed E-state index contributed by atoms with van der Waals surface area (Å²) in [5, 5.41) is 4.45. The zero-order valence-corrected chi connectivity index (χ0v) is 17.6. The second-order valence-electron chi connectivity index (χ2n) is 7.62. The van der Waals surface area contributed by atoms with Crippen molar-refractivity contribution < 1.29 is 4.79 Å². The molecule has 1 amide bonds. The number of benzene rings is 1. The van der Waals surface area contributed by atoms with Crippen LogP contribution in [0.2, 0.25) is 5.02 Å². The first-order valence-electron chi connectivity index (χ1n) is 9.52. The lowest BCUT2D eigenvalue weighted by Gasteiger charge is -2.19. The molecule has 1 fully saturated rings. The van der Waals surface area contributed by atoms with Gasteiger partial charge in [-0.3, -0.25) is 14.2 Å². The molecule has 1 aliphatic carbocycles. The van der Waals surface area contributed by atoms with Crippen molar-refractivity contribution >= 4 is 40.2 Å². The standard InChI is InChI=1S/C20H26ClN3O2S/c1-12(2)11-24-19(26)16-9-8-14(21)10-17(16)23-20(24)27-13(3)18(25)22-15-6-4-5-7-15/h8-10,12-13,15H,4-7,11H2,1-3H3,(H,22,25)/t13-/m1/s1. The molecule has 0 spiro atoms. The van der Waals surface area contributed by atoms with Crippen LogP contribution in [0.3, 0.4) is 0 Å². The first kappa shape index (κ1) is 20.2. The molecule has 2 aromatic rings. The van der Waals surface area contributed by atoms with Gasteiger partial charge in [-0.25, -0.2) is 4.98 Å². The summed E-state index contributed by atoms with van der Waals surface area (Å²) in [5.74, 6) is 0.291. The van der Waals surface area contributed by atoms with E-state index in [4.69, 9.17) is 11.6 Å². The molecule has 7 heteroatoms. The summed E-state index contributed by atoms with van der Waals surface area (Å²) >= 11 is 7.41. The van der Waals surface area contributed by atoms with Crippen molar-refractivity contribution in [1.82, 2.24) is 14.9 Å². The average Bonchev–Trinajstić information content (AvgIpc) is 3.10. The second-order valence-corrected chi connectivity index (χ2v) is 9.36. The summed E-state index contributed by atoms with van der Waals surface area (Å²) in [6.07, 6.45) is 4.45. The van der Waals surface area contributed by atoms with E-state index in [0.29, 0.717) is 27.6 Å². The maximum absolute atomic E-state index is 13.0. The van der Waals surface area contributed by atoms with Crippen LogP contribution in [0, 0.1) is 5.92 Å². The lowest BCUT2D eigenvalue weighted by molar-refractivity contribution is -0.120. The SMILES string of the molecule is CC(C)Cn1c(S[C@H](C)C(=O)NC2CCCC2)nc2cc(Cl)ccc2c1=O. The first-order chi connectivity index (χ1) is 12.8. The Morgan fingerprint density at radius 1 is 1.33 bits per heavy atom. The Bertz CT molecular complexity index is 891. The molecule has 27 heavy (non-hydrogen) atoms. The van der Waals surface area contributed by atoms with Gasteiger partial charge in [-0.15, -0.1) is 0 Å². The van der Waals surface area contributed by atoms with Gasteiger partial charge in [-0.1, -0.05) is 50.1 Å². The molecule has 0 unspecified atom stereocenters. The minimum atomic E-state index is -0.326. The molecule has 1 N–H and O–H groups in total. The van der Waals surface area contributed by atoms with E-state index < -0.39 is 0 Å². The summed E-state index contributed by atoms with van der Waals surface area (Å²) < 4.78 is 1.69. The zero-order valence-electron chi connectivity index (χ0n) is 16.0. The topological polar surface area (TPSA) is 64.0 Å².